The van der Waals surface area contributed by atoms with Gasteiger partial charge in [-0.05, 0) is 54.8 Å². The van der Waals surface area contributed by atoms with Gasteiger partial charge in [-0.15, -0.1) is 0 Å². The highest BCUT2D eigenvalue weighted by atomic mass is 35.5. The van der Waals surface area contributed by atoms with Crippen LogP contribution in [-0.2, 0) is 13.0 Å². The highest BCUT2D eigenvalue weighted by Crippen LogP contribution is 2.29. The number of hydrogen-bond acceptors (Lipinski definition) is 4. The minimum atomic E-state index is -0.0772. The third-order valence-corrected chi connectivity index (χ3v) is 5.95. The zero-order valence-electron chi connectivity index (χ0n) is 17.7. The molecule has 0 bridgehead atoms. The first-order chi connectivity index (χ1) is 15.5. The van der Waals surface area contributed by atoms with Gasteiger partial charge in [0.1, 0.15) is 5.75 Å². The van der Waals surface area contributed by atoms with Crippen LogP contribution in [0.25, 0.3) is 27.7 Å². The first kappa shape index (κ1) is 20.3. The summed E-state index contributed by atoms with van der Waals surface area (Å²) in [5.74, 6) is 0.819. The van der Waals surface area contributed by atoms with E-state index in [4.69, 9.17) is 16.3 Å². The van der Waals surface area contributed by atoms with Crippen molar-refractivity contribution in [3.8, 4) is 16.9 Å². The van der Waals surface area contributed by atoms with E-state index >= 15 is 0 Å². The minimum absolute atomic E-state index is 0.0772. The van der Waals surface area contributed by atoms with Gasteiger partial charge in [0.2, 0.25) is 0 Å². The van der Waals surface area contributed by atoms with Crippen molar-refractivity contribution in [1.82, 2.24) is 19.2 Å². The van der Waals surface area contributed by atoms with Crippen molar-refractivity contribution in [3.63, 3.8) is 0 Å². The van der Waals surface area contributed by atoms with Gasteiger partial charge in [-0.2, -0.15) is 5.10 Å². The van der Waals surface area contributed by atoms with E-state index in [0.717, 1.165) is 40.1 Å². The Morgan fingerprint density at radius 3 is 2.50 bits per heavy atom. The Hall–Kier alpha value is -3.64. The smallest absolute Gasteiger partial charge is 0.261 e. The summed E-state index contributed by atoms with van der Waals surface area (Å²) in [5.41, 5.74) is 5.29. The summed E-state index contributed by atoms with van der Waals surface area (Å²) < 4.78 is 8.67. The van der Waals surface area contributed by atoms with Gasteiger partial charge < -0.3 is 9.30 Å². The number of ether oxygens (including phenoxy) is 1. The third kappa shape index (κ3) is 3.52. The van der Waals surface area contributed by atoms with Gasteiger partial charge >= 0.3 is 0 Å². The largest absolute Gasteiger partial charge is 0.497 e. The maximum Gasteiger partial charge on any atom is 0.261 e. The summed E-state index contributed by atoms with van der Waals surface area (Å²) in [4.78, 5) is 17.7. The van der Waals surface area contributed by atoms with Crippen molar-refractivity contribution in [3.05, 3.63) is 93.6 Å². The normalized spacial score (nSPS) is 11.3. The van der Waals surface area contributed by atoms with Crippen LogP contribution in [0.3, 0.4) is 0 Å². The number of aryl methyl sites for hydroxylation is 3. The van der Waals surface area contributed by atoms with Crippen molar-refractivity contribution in [2.45, 2.75) is 19.9 Å². The lowest BCUT2D eigenvalue weighted by atomic mass is 10.1. The lowest BCUT2D eigenvalue weighted by molar-refractivity contribution is 0.414. The molecule has 0 aliphatic rings. The van der Waals surface area contributed by atoms with E-state index in [9.17, 15) is 4.79 Å². The molecule has 32 heavy (non-hydrogen) atoms. The van der Waals surface area contributed by atoms with Crippen LogP contribution in [0.1, 0.15) is 11.3 Å². The SMILES string of the molecule is COc1ccc(CCn2ccc3c(cnc4c(-c5ccc(Cl)cc5)c(C)nn43)c2=O)cc1. The molecule has 0 saturated heterocycles. The molecule has 2 aromatic carbocycles. The first-order valence-electron chi connectivity index (χ1n) is 10.3. The molecule has 3 aromatic heterocycles. The number of rotatable bonds is 5. The number of methoxy groups -OCH3 is 1. The Morgan fingerprint density at radius 2 is 1.78 bits per heavy atom. The molecular weight excluding hydrogens is 424 g/mol. The molecule has 3 heterocycles. The molecule has 0 saturated carbocycles. The highest BCUT2D eigenvalue weighted by Gasteiger charge is 2.16. The van der Waals surface area contributed by atoms with Crippen LogP contribution < -0.4 is 10.3 Å². The summed E-state index contributed by atoms with van der Waals surface area (Å²) in [7, 11) is 1.65. The number of halogens is 1. The van der Waals surface area contributed by atoms with Gasteiger partial charge in [0.05, 0.1) is 23.7 Å². The summed E-state index contributed by atoms with van der Waals surface area (Å²) >= 11 is 6.04. The monoisotopic (exact) mass is 444 g/mol. The minimum Gasteiger partial charge on any atom is -0.497 e. The molecule has 5 rings (SSSR count). The second-order valence-corrected chi connectivity index (χ2v) is 8.11. The molecule has 6 nitrogen and oxygen atoms in total. The molecule has 0 N–H and O–H groups in total. The van der Waals surface area contributed by atoms with Crippen molar-refractivity contribution < 1.29 is 4.74 Å². The lowest BCUT2D eigenvalue weighted by Gasteiger charge is -2.09. The second kappa shape index (κ2) is 8.13. The van der Waals surface area contributed by atoms with E-state index in [-0.39, 0.29) is 5.56 Å². The number of aromatic nitrogens is 4. The predicted octanol–water partition coefficient (Wildman–Crippen LogP) is 4.92. The molecule has 0 aliphatic heterocycles. The molecule has 0 unspecified atom stereocenters. The Balaban J connectivity index is 1.52. The average molecular weight is 445 g/mol. The van der Waals surface area contributed by atoms with Crippen LogP contribution in [-0.4, -0.2) is 26.3 Å². The molecule has 0 radical (unpaired) electrons. The molecule has 5 aromatic rings. The van der Waals surface area contributed by atoms with Gasteiger partial charge in [-0.1, -0.05) is 35.9 Å². The van der Waals surface area contributed by atoms with Crippen LogP contribution >= 0.6 is 11.6 Å². The summed E-state index contributed by atoms with van der Waals surface area (Å²) in [6, 6.07) is 17.4. The van der Waals surface area contributed by atoms with Crippen LogP contribution in [0, 0.1) is 6.92 Å². The maximum atomic E-state index is 13.1. The van der Waals surface area contributed by atoms with Gasteiger partial charge in [0.25, 0.3) is 5.56 Å². The fraction of sp³-hybridized carbons (Fsp3) is 0.160. The number of benzene rings is 2. The number of nitrogens with zero attached hydrogens (tertiary/aromatic N) is 4. The van der Waals surface area contributed by atoms with Gasteiger partial charge in [0, 0.05) is 29.5 Å². The molecule has 0 aliphatic carbocycles. The fourth-order valence-corrected chi connectivity index (χ4v) is 4.11. The van der Waals surface area contributed by atoms with Crippen LogP contribution in [0.2, 0.25) is 5.02 Å². The summed E-state index contributed by atoms with van der Waals surface area (Å²) in [6.07, 6.45) is 4.22. The Bertz CT molecular complexity index is 1490. The Morgan fingerprint density at radius 1 is 1.03 bits per heavy atom. The van der Waals surface area contributed by atoms with Crippen molar-refractivity contribution in [2.75, 3.05) is 7.11 Å². The molecule has 0 atom stereocenters. The van der Waals surface area contributed by atoms with Crippen molar-refractivity contribution in [2.24, 2.45) is 0 Å². The second-order valence-electron chi connectivity index (χ2n) is 7.67. The molecule has 160 valence electrons. The fourth-order valence-electron chi connectivity index (χ4n) is 3.99. The zero-order chi connectivity index (χ0) is 22.2. The standard InChI is InChI=1S/C25H21ClN4O2/c1-16-23(18-5-7-19(26)8-6-18)24-27-15-21-22(30(24)28-16)12-14-29(25(21)31)13-11-17-3-9-20(32-2)10-4-17/h3-10,12,14-15H,11,13H2,1-2H3. The quantitative estimate of drug-likeness (QED) is 0.386. The Labute approximate surface area is 189 Å². The van der Waals surface area contributed by atoms with E-state index in [1.54, 1.807) is 22.4 Å². The molecule has 0 spiro atoms. The van der Waals surface area contributed by atoms with E-state index in [0.29, 0.717) is 22.6 Å². The van der Waals surface area contributed by atoms with Crippen LogP contribution in [0.4, 0.5) is 0 Å². The maximum absolute atomic E-state index is 13.1. The average Bonchev–Trinajstić information content (AvgIpc) is 3.15. The zero-order valence-corrected chi connectivity index (χ0v) is 18.5. The summed E-state index contributed by atoms with van der Waals surface area (Å²) in [5, 5.41) is 5.90. The van der Waals surface area contributed by atoms with Crippen molar-refractivity contribution in [1.29, 1.82) is 0 Å². The Kier molecular flexibility index (Phi) is 5.15. The topological polar surface area (TPSA) is 61.4 Å². The third-order valence-electron chi connectivity index (χ3n) is 5.69. The predicted molar refractivity (Wildman–Crippen MR) is 127 cm³/mol. The van der Waals surface area contributed by atoms with E-state index in [2.05, 4.69) is 10.1 Å². The molecular formula is C25H21ClN4O2. The molecule has 0 fully saturated rings. The first-order valence-corrected chi connectivity index (χ1v) is 10.7. The lowest BCUT2D eigenvalue weighted by Crippen LogP contribution is -2.21. The molecule has 0 amide bonds. The number of fused-ring (bicyclic) bond motifs is 3. The van der Waals surface area contributed by atoms with Crippen LogP contribution in [0.5, 0.6) is 5.75 Å². The van der Waals surface area contributed by atoms with Crippen molar-refractivity contribution >= 4 is 28.2 Å². The van der Waals surface area contributed by atoms with E-state index in [1.165, 1.54) is 0 Å². The van der Waals surface area contributed by atoms with E-state index < -0.39 is 0 Å². The molecule has 7 heteroatoms. The van der Waals surface area contributed by atoms with Gasteiger partial charge in [0.15, 0.2) is 5.65 Å². The van der Waals surface area contributed by atoms with Gasteiger partial charge in [-0.25, -0.2) is 9.50 Å². The highest BCUT2D eigenvalue weighted by molar-refractivity contribution is 6.30. The number of pyridine rings is 1. The van der Waals surface area contributed by atoms with Crippen LogP contribution in [0.15, 0.2) is 71.8 Å². The number of hydrogen-bond donors (Lipinski definition) is 0. The van der Waals surface area contributed by atoms with Gasteiger partial charge in [-0.3, -0.25) is 4.79 Å². The van der Waals surface area contributed by atoms with E-state index in [1.807, 2.05) is 67.7 Å². The summed E-state index contributed by atoms with van der Waals surface area (Å²) in [6.45, 7) is 2.52.